The van der Waals surface area contributed by atoms with E-state index in [1.807, 2.05) is 13.8 Å². The standard InChI is InChI=1S/C13H20N4O2.ClH/c1-9(2)16-13(19)17-11-5-3-4-10(8-11)12(18)15-7-6-14;/h3-5,8-9H,6-7,14H2,1-2H3,(H,15,18)(H2,16,17,19);1H. The van der Waals surface area contributed by atoms with Crippen molar-refractivity contribution in [3.63, 3.8) is 0 Å². The first-order valence-corrected chi connectivity index (χ1v) is 6.18. The highest BCUT2D eigenvalue weighted by Gasteiger charge is 2.07. The second-order valence-electron chi connectivity index (χ2n) is 4.38. The van der Waals surface area contributed by atoms with Crippen molar-refractivity contribution < 1.29 is 9.59 Å². The van der Waals surface area contributed by atoms with Crippen LogP contribution in [0.25, 0.3) is 0 Å². The second-order valence-corrected chi connectivity index (χ2v) is 4.38. The number of nitrogens with one attached hydrogen (secondary N) is 3. The van der Waals surface area contributed by atoms with Crippen molar-refractivity contribution in [1.29, 1.82) is 0 Å². The number of benzene rings is 1. The van der Waals surface area contributed by atoms with Gasteiger partial charge in [0.15, 0.2) is 0 Å². The predicted molar refractivity (Wildman–Crippen MR) is 82.4 cm³/mol. The van der Waals surface area contributed by atoms with Gasteiger partial charge in [-0.3, -0.25) is 4.79 Å². The molecular weight excluding hydrogens is 280 g/mol. The third-order valence-electron chi connectivity index (χ3n) is 2.23. The largest absolute Gasteiger partial charge is 0.351 e. The Morgan fingerprint density at radius 1 is 1.30 bits per heavy atom. The molecule has 0 atom stereocenters. The molecule has 0 aliphatic heterocycles. The van der Waals surface area contributed by atoms with Gasteiger partial charge in [-0.15, -0.1) is 12.4 Å². The number of nitrogens with two attached hydrogens (primary N) is 1. The fraction of sp³-hybridized carbons (Fsp3) is 0.385. The lowest BCUT2D eigenvalue weighted by molar-refractivity contribution is 0.0954. The quantitative estimate of drug-likeness (QED) is 0.660. The minimum atomic E-state index is -0.297. The maximum Gasteiger partial charge on any atom is 0.319 e. The molecular formula is C13H21ClN4O2. The molecule has 0 fully saturated rings. The number of urea groups is 1. The molecule has 1 aromatic carbocycles. The van der Waals surface area contributed by atoms with Crippen LogP contribution in [-0.4, -0.2) is 31.1 Å². The summed E-state index contributed by atoms with van der Waals surface area (Å²) in [6.45, 7) is 4.55. The van der Waals surface area contributed by atoms with Gasteiger partial charge >= 0.3 is 6.03 Å². The van der Waals surface area contributed by atoms with Crippen LogP contribution in [0.1, 0.15) is 24.2 Å². The SMILES string of the molecule is CC(C)NC(=O)Nc1cccc(C(=O)NCCN)c1.Cl. The van der Waals surface area contributed by atoms with Crippen molar-refractivity contribution in [1.82, 2.24) is 10.6 Å². The van der Waals surface area contributed by atoms with E-state index in [0.29, 0.717) is 24.3 Å². The molecule has 0 aliphatic rings. The Hall–Kier alpha value is -1.79. The third-order valence-corrected chi connectivity index (χ3v) is 2.23. The maximum atomic E-state index is 11.7. The van der Waals surface area contributed by atoms with E-state index in [1.54, 1.807) is 24.3 Å². The number of rotatable bonds is 5. The minimum absolute atomic E-state index is 0. The van der Waals surface area contributed by atoms with E-state index in [-0.39, 0.29) is 30.4 Å². The summed E-state index contributed by atoms with van der Waals surface area (Å²) in [5.74, 6) is -0.210. The Bertz CT molecular complexity index is 452. The lowest BCUT2D eigenvalue weighted by atomic mass is 10.2. The van der Waals surface area contributed by atoms with Crippen LogP contribution < -0.4 is 21.7 Å². The van der Waals surface area contributed by atoms with E-state index < -0.39 is 0 Å². The summed E-state index contributed by atoms with van der Waals surface area (Å²) in [6, 6.07) is 6.48. The first-order valence-electron chi connectivity index (χ1n) is 6.18. The molecule has 112 valence electrons. The van der Waals surface area contributed by atoms with E-state index in [4.69, 9.17) is 5.73 Å². The van der Waals surface area contributed by atoms with Gasteiger partial charge in [0.25, 0.3) is 5.91 Å². The zero-order valence-corrected chi connectivity index (χ0v) is 12.4. The molecule has 0 aromatic heterocycles. The molecule has 0 radical (unpaired) electrons. The Morgan fingerprint density at radius 2 is 2.00 bits per heavy atom. The molecule has 1 rings (SSSR count). The number of halogens is 1. The van der Waals surface area contributed by atoms with E-state index >= 15 is 0 Å². The number of carbonyl (C=O) groups is 2. The van der Waals surface area contributed by atoms with Gasteiger partial charge in [0.05, 0.1) is 0 Å². The van der Waals surface area contributed by atoms with Gasteiger partial charge in [-0.05, 0) is 32.0 Å². The molecule has 0 heterocycles. The average molecular weight is 301 g/mol. The highest BCUT2D eigenvalue weighted by molar-refractivity contribution is 5.96. The van der Waals surface area contributed by atoms with Crippen LogP contribution in [0.4, 0.5) is 10.5 Å². The van der Waals surface area contributed by atoms with Crippen molar-refractivity contribution in [2.75, 3.05) is 18.4 Å². The monoisotopic (exact) mass is 300 g/mol. The lowest BCUT2D eigenvalue weighted by Gasteiger charge is -2.11. The van der Waals surface area contributed by atoms with Gasteiger partial charge in [-0.25, -0.2) is 4.79 Å². The van der Waals surface area contributed by atoms with E-state index in [1.165, 1.54) is 0 Å². The zero-order chi connectivity index (χ0) is 14.3. The van der Waals surface area contributed by atoms with Crippen LogP contribution in [0.15, 0.2) is 24.3 Å². The molecule has 1 aromatic rings. The fourth-order valence-electron chi connectivity index (χ4n) is 1.46. The van der Waals surface area contributed by atoms with Crippen molar-refractivity contribution in [3.8, 4) is 0 Å². The van der Waals surface area contributed by atoms with Crippen LogP contribution in [0.3, 0.4) is 0 Å². The number of anilines is 1. The van der Waals surface area contributed by atoms with Crippen molar-refractivity contribution in [2.24, 2.45) is 5.73 Å². The fourth-order valence-corrected chi connectivity index (χ4v) is 1.46. The molecule has 0 unspecified atom stereocenters. The van der Waals surface area contributed by atoms with Gasteiger partial charge in [-0.1, -0.05) is 6.07 Å². The summed E-state index contributed by atoms with van der Waals surface area (Å²) in [5, 5.41) is 8.05. The van der Waals surface area contributed by atoms with E-state index in [0.717, 1.165) is 0 Å². The van der Waals surface area contributed by atoms with Crippen LogP contribution in [0, 0.1) is 0 Å². The highest BCUT2D eigenvalue weighted by Crippen LogP contribution is 2.10. The lowest BCUT2D eigenvalue weighted by Crippen LogP contribution is -2.34. The Morgan fingerprint density at radius 3 is 2.60 bits per heavy atom. The first kappa shape index (κ1) is 18.2. The summed E-state index contributed by atoms with van der Waals surface area (Å²) >= 11 is 0. The number of hydrogen-bond donors (Lipinski definition) is 4. The molecule has 6 nitrogen and oxygen atoms in total. The Labute approximate surface area is 124 Å². The van der Waals surface area contributed by atoms with Crippen molar-refractivity contribution in [3.05, 3.63) is 29.8 Å². The molecule has 0 saturated carbocycles. The minimum Gasteiger partial charge on any atom is -0.351 e. The summed E-state index contributed by atoms with van der Waals surface area (Å²) in [5.41, 5.74) is 6.37. The van der Waals surface area contributed by atoms with Crippen LogP contribution in [-0.2, 0) is 0 Å². The van der Waals surface area contributed by atoms with Crippen LogP contribution in [0.2, 0.25) is 0 Å². The molecule has 3 amide bonds. The smallest absolute Gasteiger partial charge is 0.319 e. The van der Waals surface area contributed by atoms with Gasteiger partial charge in [0.1, 0.15) is 0 Å². The third kappa shape index (κ3) is 6.40. The number of carbonyl (C=O) groups excluding carboxylic acids is 2. The summed E-state index contributed by atoms with van der Waals surface area (Å²) in [6.07, 6.45) is 0. The molecule has 7 heteroatoms. The summed E-state index contributed by atoms with van der Waals surface area (Å²) in [4.78, 5) is 23.3. The normalized spacial score (nSPS) is 9.60. The molecule has 0 bridgehead atoms. The zero-order valence-electron chi connectivity index (χ0n) is 11.6. The van der Waals surface area contributed by atoms with Gasteiger partial charge in [0.2, 0.25) is 0 Å². The molecule has 0 aliphatic carbocycles. The van der Waals surface area contributed by atoms with Gasteiger partial charge < -0.3 is 21.7 Å². The molecule has 0 saturated heterocycles. The molecule has 0 spiro atoms. The average Bonchev–Trinajstić information content (AvgIpc) is 2.35. The Balaban J connectivity index is 0.00000361. The number of amides is 3. The molecule has 20 heavy (non-hydrogen) atoms. The summed E-state index contributed by atoms with van der Waals surface area (Å²) < 4.78 is 0. The Kier molecular flexibility index (Phi) is 8.35. The van der Waals surface area contributed by atoms with Gasteiger partial charge in [0, 0.05) is 30.4 Å². The predicted octanol–water partition coefficient (Wildman–Crippen LogP) is 1.33. The van der Waals surface area contributed by atoms with E-state index in [9.17, 15) is 9.59 Å². The first-order chi connectivity index (χ1) is 9.02. The maximum absolute atomic E-state index is 11.7. The van der Waals surface area contributed by atoms with E-state index in [2.05, 4.69) is 16.0 Å². The summed E-state index contributed by atoms with van der Waals surface area (Å²) in [7, 11) is 0. The van der Waals surface area contributed by atoms with Crippen molar-refractivity contribution in [2.45, 2.75) is 19.9 Å². The van der Waals surface area contributed by atoms with Crippen LogP contribution in [0.5, 0.6) is 0 Å². The topological polar surface area (TPSA) is 96.2 Å². The van der Waals surface area contributed by atoms with Crippen molar-refractivity contribution >= 4 is 30.0 Å². The van der Waals surface area contributed by atoms with Crippen LogP contribution >= 0.6 is 12.4 Å². The van der Waals surface area contributed by atoms with Gasteiger partial charge in [-0.2, -0.15) is 0 Å². The highest BCUT2D eigenvalue weighted by atomic mass is 35.5. The second kappa shape index (κ2) is 9.17. The molecule has 5 N–H and O–H groups in total. The number of hydrogen-bond acceptors (Lipinski definition) is 3.